The van der Waals surface area contributed by atoms with Crippen molar-refractivity contribution < 1.29 is 4.79 Å². The van der Waals surface area contributed by atoms with Crippen molar-refractivity contribution in [3.8, 4) is 0 Å². The summed E-state index contributed by atoms with van der Waals surface area (Å²) in [6.07, 6.45) is 6.42. The number of nitrogens with one attached hydrogen (secondary N) is 1. The minimum Gasteiger partial charge on any atom is -0.352 e. The fraction of sp³-hybridized carbons (Fsp3) is 0.579. The molecule has 2 aromatic rings. The van der Waals surface area contributed by atoms with Gasteiger partial charge in [-0.05, 0) is 38.3 Å². The topological polar surface area (TPSA) is 52.9 Å². The van der Waals surface area contributed by atoms with Crippen molar-refractivity contribution in [3.05, 3.63) is 35.8 Å². The van der Waals surface area contributed by atoms with Gasteiger partial charge in [-0.25, -0.2) is 4.98 Å². The van der Waals surface area contributed by atoms with Gasteiger partial charge in [0.15, 0.2) is 0 Å². The van der Waals surface area contributed by atoms with Crippen LogP contribution in [0.1, 0.15) is 31.0 Å². The predicted octanol–water partition coefficient (Wildman–Crippen LogP) is 1.43. The lowest BCUT2D eigenvalue weighted by Gasteiger charge is -2.37. The van der Waals surface area contributed by atoms with Gasteiger partial charge in [0.05, 0.1) is 17.9 Å². The fourth-order valence-electron chi connectivity index (χ4n) is 3.51. The largest absolute Gasteiger partial charge is 0.352 e. The van der Waals surface area contributed by atoms with Crippen molar-refractivity contribution in [1.82, 2.24) is 24.5 Å². The maximum Gasteiger partial charge on any atom is 0.237 e. The Kier molecular flexibility index (Phi) is 4.48. The predicted molar refractivity (Wildman–Crippen MR) is 97.4 cm³/mol. The lowest BCUT2D eigenvalue weighted by Crippen LogP contribution is -2.53. The molecule has 1 aliphatic carbocycles. The van der Waals surface area contributed by atoms with Crippen LogP contribution in [0.15, 0.2) is 24.5 Å². The molecule has 1 N–H and O–H groups in total. The van der Waals surface area contributed by atoms with E-state index in [2.05, 4.69) is 49.8 Å². The molecule has 1 atom stereocenters. The number of imidazole rings is 1. The first kappa shape index (κ1) is 16.5. The van der Waals surface area contributed by atoms with Crippen molar-refractivity contribution in [1.29, 1.82) is 0 Å². The second-order valence-electron chi connectivity index (χ2n) is 7.46. The van der Waals surface area contributed by atoms with Gasteiger partial charge < -0.3 is 9.72 Å². The molecule has 1 saturated heterocycles. The standard InChI is InChI=1S/C19H27N5O/c1-14-3-6-18-20-11-17(24(18)12-14)13-22-7-9-23(10-8-22)15(2)19(25)21-16-4-5-16/h3,6,11-12,15-16H,4-5,7-10,13H2,1-2H3,(H,21,25). The SMILES string of the molecule is Cc1ccc2ncc(CN3CCN(C(C)C(=O)NC4CC4)CC3)n2c1. The first-order valence-corrected chi connectivity index (χ1v) is 9.29. The Labute approximate surface area is 148 Å². The zero-order chi connectivity index (χ0) is 17.4. The van der Waals surface area contributed by atoms with E-state index in [-0.39, 0.29) is 11.9 Å². The molecule has 1 saturated carbocycles. The summed E-state index contributed by atoms with van der Waals surface area (Å²) < 4.78 is 2.19. The zero-order valence-corrected chi connectivity index (χ0v) is 15.1. The van der Waals surface area contributed by atoms with Gasteiger partial charge in [0.2, 0.25) is 5.91 Å². The number of carbonyl (C=O) groups excluding carboxylic acids is 1. The second kappa shape index (κ2) is 6.77. The van der Waals surface area contributed by atoms with E-state index in [0.29, 0.717) is 6.04 Å². The summed E-state index contributed by atoms with van der Waals surface area (Å²) in [5.74, 6) is 0.188. The van der Waals surface area contributed by atoms with Crippen LogP contribution < -0.4 is 5.32 Å². The zero-order valence-electron chi connectivity index (χ0n) is 15.1. The van der Waals surface area contributed by atoms with Crippen LogP contribution in [0.3, 0.4) is 0 Å². The molecule has 2 aliphatic rings. The molecule has 1 aliphatic heterocycles. The van der Waals surface area contributed by atoms with Crippen molar-refractivity contribution >= 4 is 11.6 Å². The van der Waals surface area contributed by atoms with Crippen LogP contribution in [-0.2, 0) is 11.3 Å². The number of aryl methyl sites for hydroxylation is 1. The number of amides is 1. The first-order valence-electron chi connectivity index (χ1n) is 9.29. The Morgan fingerprint density at radius 3 is 2.76 bits per heavy atom. The van der Waals surface area contributed by atoms with E-state index in [9.17, 15) is 4.79 Å². The van der Waals surface area contributed by atoms with E-state index in [0.717, 1.165) is 51.2 Å². The maximum absolute atomic E-state index is 12.2. The molecule has 4 rings (SSSR count). The highest BCUT2D eigenvalue weighted by molar-refractivity contribution is 5.81. The number of pyridine rings is 1. The van der Waals surface area contributed by atoms with Gasteiger partial charge in [0.25, 0.3) is 0 Å². The van der Waals surface area contributed by atoms with Crippen LogP contribution in [0, 0.1) is 6.92 Å². The van der Waals surface area contributed by atoms with Crippen molar-refractivity contribution in [3.63, 3.8) is 0 Å². The van der Waals surface area contributed by atoms with Crippen molar-refractivity contribution in [2.75, 3.05) is 26.2 Å². The number of nitrogens with zero attached hydrogens (tertiary/aromatic N) is 4. The quantitative estimate of drug-likeness (QED) is 0.894. The number of fused-ring (bicyclic) bond motifs is 1. The van der Waals surface area contributed by atoms with E-state index in [1.807, 2.05) is 13.1 Å². The third kappa shape index (κ3) is 3.70. The monoisotopic (exact) mass is 341 g/mol. The molecule has 6 nitrogen and oxygen atoms in total. The third-order valence-corrected chi connectivity index (χ3v) is 5.37. The Morgan fingerprint density at radius 1 is 1.28 bits per heavy atom. The summed E-state index contributed by atoms with van der Waals surface area (Å²) >= 11 is 0. The lowest BCUT2D eigenvalue weighted by molar-refractivity contribution is -0.126. The van der Waals surface area contributed by atoms with Crippen LogP contribution >= 0.6 is 0 Å². The van der Waals surface area contributed by atoms with Crippen LogP contribution in [0.2, 0.25) is 0 Å². The highest BCUT2D eigenvalue weighted by atomic mass is 16.2. The Balaban J connectivity index is 1.33. The summed E-state index contributed by atoms with van der Waals surface area (Å²) in [5, 5.41) is 3.12. The molecule has 0 aromatic carbocycles. The summed E-state index contributed by atoms with van der Waals surface area (Å²) in [6.45, 7) is 8.89. The highest BCUT2D eigenvalue weighted by Gasteiger charge is 2.30. The second-order valence-corrected chi connectivity index (χ2v) is 7.46. The molecule has 6 heteroatoms. The van der Waals surface area contributed by atoms with E-state index < -0.39 is 0 Å². The first-order chi connectivity index (χ1) is 12.1. The molecule has 3 heterocycles. The fourth-order valence-corrected chi connectivity index (χ4v) is 3.51. The summed E-state index contributed by atoms with van der Waals surface area (Å²) in [7, 11) is 0. The maximum atomic E-state index is 12.2. The Hall–Kier alpha value is -1.92. The minimum atomic E-state index is -0.0267. The van der Waals surface area contributed by atoms with Gasteiger partial charge >= 0.3 is 0 Å². The molecule has 0 bridgehead atoms. The van der Waals surface area contributed by atoms with Gasteiger partial charge in [0.1, 0.15) is 5.65 Å². The molecule has 2 aromatic heterocycles. The number of aromatic nitrogens is 2. The van der Waals surface area contributed by atoms with E-state index >= 15 is 0 Å². The normalized spacial score (nSPS) is 20.7. The Bertz CT molecular complexity index is 758. The molecule has 25 heavy (non-hydrogen) atoms. The van der Waals surface area contributed by atoms with Gasteiger partial charge in [-0.2, -0.15) is 0 Å². The summed E-state index contributed by atoms with van der Waals surface area (Å²) in [4.78, 5) is 21.5. The molecule has 1 unspecified atom stereocenters. The number of hydrogen-bond donors (Lipinski definition) is 1. The van der Waals surface area contributed by atoms with E-state index in [4.69, 9.17) is 0 Å². The van der Waals surface area contributed by atoms with Crippen LogP contribution in [0.25, 0.3) is 5.65 Å². The van der Waals surface area contributed by atoms with Gasteiger partial charge in [-0.1, -0.05) is 6.07 Å². The van der Waals surface area contributed by atoms with Gasteiger partial charge in [-0.15, -0.1) is 0 Å². The van der Waals surface area contributed by atoms with E-state index in [1.165, 1.54) is 11.3 Å². The average molecular weight is 341 g/mol. The van der Waals surface area contributed by atoms with Crippen LogP contribution in [-0.4, -0.2) is 63.4 Å². The minimum absolute atomic E-state index is 0.0267. The summed E-state index contributed by atoms with van der Waals surface area (Å²) in [6, 6.07) is 4.58. The molecule has 1 amide bonds. The average Bonchev–Trinajstić information content (AvgIpc) is 3.35. The molecule has 2 fully saturated rings. The van der Waals surface area contributed by atoms with Gasteiger partial charge in [0, 0.05) is 45.0 Å². The summed E-state index contributed by atoms with van der Waals surface area (Å²) in [5.41, 5.74) is 3.48. The number of rotatable bonds is 5. The third-order valence-electron chi connectivity index (χ3n) is 5.37. The lowest BCUT2D eigenvalue weighted by atomic mass is 10.2. The van der Waals surface area contributed by atoms with Crippen molar-refractivity contribution in [2.45, 2.75) is 45.3 Å². The molecule has 0 radical (unpaired) electrons. The molecule has 0 spiro atoms. The van der Waals surface area contributed by atoms with E-state index in [1.54, 1.807) is 0 Å². The molecular weight excluding hydrogens is 314 g/mol. The van der Waals surface area contributed by atoms with Gasteiger partial charge in [-0.3, -0.25) is 14.6 Å². The van der Waals surface area contributed by atoms with Crippen LogP contribution in [0.5, 0.6) is 0 Å². The van der Waals surface area contributed by atoms with Crippen molar-refractivity contribution in [2.24, 2.45) is 0 Å². The number of carbonyl (C=O) groups is 1. The number of piperazine rings is 1. The molecule has 134 valence electrons. The highest BCUT2D eigenvalue weighted by Crippen LogP contribution is 2.19. The number of hydrogen-bond acceptors (Lipinski definition) is 4. The smallest absolute Gasteiger partial charge is 0.237 e. The van der Waals surface area contributed by atoms with Crippen LogP contribution in [0.4, 0.5) is 0 Å². The Morgan fingerprint density at radius 2 is 2.04 bits per heavy atom. The molecular formula is C19H27N5O.